The van der Waals surface area contributed by atoms with Crippen LogP contribution >= 0.6 is 0 Å². The summed E-state index contributed by atoms with van der Waals surface area (Å²) in [5.74, 6) is -0.230. The predicted octanol–water partition coefficient (Wildman–Crippen LogP) is 6.41. The number of benzene rings is 3. The molecule has 0 fully saturated rings. The predicted molar refractivity (Wildman–Crippen MR) is 178 cm³/mol. The summed E-state index contributed by atoms with van der Waals surface area (Å²) in [4.78, 5) is 23.5. The zero-order valence-electron chi connectivity index (χ0n) is 25.7. The smallest absolute Gasteiger partial charge is 0.252 e. The standard InChI is InChI=1S/C37H36N4O3S/c1-4-26-16-30-32(37(42)40-21-25-10-8-24(20-38)9-11-25)18-35(41-34(30)17-27(26)5-2)31-19-36(29-14-15-39-22-33(29)31)45(43,44)28-12-6-23(3)7-13-28/h6-19,22,36H,4-5,20-21,38H2,1-3H3,(H,40,42). The lowest BCUT2D eigenvalue weighted by Crippen LogP contribution is -2.23. The normalized spacial score (nSPS) is 14.3. The Morgan fingerprint density at radius 1 is 0.911 bits per heavy atom. The third-order valence-corrected chi connectivity index (χ3v) is 10.6. The van der Waals surface area contributed by atoms with Crippen molar-refractivity contribution in [2.45, 2.75) is 56.8 Å². The van der Waals surface area contributed by atoms with Crippen LogP contribution in [0, 0.1) is 6.92 Å². The number of amides is 1. The second kappa shape index (κ2) is 12.4. The molecule has 1 aliphatic rings. The summed E-state index contributed by atoms with van der Waals surface area (Å²) in [5, 5.41) is 2.93. The van der Waals surface area contributed by atoms with E-state index in [1.807, 2.05) is 31.2 Å². The van der Waals surface area contributed by atoms with Gasteiger partial charge in [0.1, 0.15) is 5.25 Å². The van der Waals surface area contributed by atoms with E-state index in [1.165, 1.54) is 11.1 Å². The highest BCUT2D eigenvalue weighted by Crippen LogP contribution is 2.44. The Hall–Kier alpha value is -4.66. The van der Waals surface area contributed by atoms with E-state index in [0.717, 1.165) is 34.9 Å². The maximum Gasteiger partial charge on any atom is 0.252 e. The summed E-state index contributed by atoms with van der Waals surface area (Å²) in [5.41, 5.74) is 14.7. The van der Waals surface area contributed by atoms with Crippen LogP contribution in [0.4, 0.5) is 0 Å². The average Bonchev–Trinajstić information content (AvgIpc) is 3.47. The summed E-state index contributed by atoms with van der Waals surface area (Å²) in [6.45, 7) is 6.95. The van der Waals surface area contributed by atoms with Crippen molar-refractivity contribution in [3.63, 3.8) is 0 Å². The minimum absolute atomic E-state index is 0.230. The van der Waals surface area contributed by atoms with Crippen LogP contribution in [0.2, 0.25) is 0 Å². The van der Waals surface area contributed by atoms with Crippen LogP contribution < -0.4 is 11.1 Å². The Morgan fingerprint density at radius 3 is 2.29 bits per heavy atom. The Bertz CT molecular complexity index is 2050. The van der Waals surface area contributed by atoms with Crippen LogP contribution in [0.3, 0.4) is 0 Å². The number of nitrogens with zero attached hydrogens (tertiary/aromatic N) is 2. The summed E-state index contributed by atoms with van der Waals surface area (Å²) >= 11 is 0. The van der Waals surface area contributed by atoms with E-state index >= 15 is 0 Å². The van der Waals surface area contributed by atoms with Crippen molar-refractivity contribution in [2.75, 3.05) is 0 Å². The van der Waals surface area contributed by atoms with Crippen LogP contribution in [0.1, 0.15) is 74.1 Å². The van der Waals surface area contributed by atoms with Crippen molar-refractivity contribution < 1.29 is 13.2 Å². The number of hydrogen-bond acceptors (Lipinski definition) is 6. The number of aromatic nitrogens is 2. The van der Waals surface area contributed by atoms with Crippen LogP contribution in [-0.4, -0.2) is 24.3 Å². The van der Waals surface area contributed by atoms with Crippen molar-refractivity contribution in [3.05, 3.63) is 141 Å². The average molecular weight is 617 g/mol. The van der Waals surface area contributed by atoms with Gasteiger partial charge in [0.15, 0.2) is 9.84 Å². The van der Waals surface area contributed by atoms with Gasteiger partial charge in [-0.1, -0.05) is 61.9 Å². The highest BCUT2D eigenvalue weighted by molar-refractivity contribution is 7.91. The molecule has 228 valence electrons. The molecule has 6 rings (SSSR count). The van der Waals surface area contributed by atoms with Crippen LogP contribution in [-0.2, 0) is 35.8 Å². The number of pyridine rings is 2. The van der Waals surface area contributed by atoms with Crippen molar-refractivity contribution in [1.29, 1.82) is 0 Å². The number of rotatable bonds is 9. The number of carbonyl (C=O) groups excluding carboxylic acids is 1. The molecule has 5 aromatic rings. The Balaban J connectivity index is 1.47. The maximum absolute atomic E-state index is 13.9. The molecular weight excluding hydrogens is 580 g/mol. The first-order valence-electron chi connectivity index (χ1n) is 15.2. The van der Waals surface area contributed by atoms with E-state index < -0.39 is 15.1 Å². The lowest BCUT2D eigenvalue weighted by Gasteiger charge is -2.15. The van der Waals surface area contributed by atoms with Crippen molar-refractivity contribution in [2.24, 2.45) is 5.73 Å². The van der Waals surface area contributed by atoms with E-state index in [-0.39, 0.29) is 10.8 Å². The number of nitrogens with one attached hydrogen (secondary N) is 1. The van der Waals surface area contributed by atoms with E-state index in [9.17, 15) is 13.2 Å². The molecule has 1 atom stereocenters. The first-order chi connectivity index (χ1) is 21.7. The highest BCUT2D eigenvalue weighted by Gasteiger charge is 2.36. The fourth-order valence-corrected chi connectivity index (χ4v) is 7.64. The number of aryl methyl sites for hydroxylation is 3. The fraction of sp³-hybridized carbons (Fsp3) is 0.216. The van der Waals surface area contributed by atoms with Crippen LogP contribution in [0.5, 0.6) is 0 Å². The SMILES string of the molecule is CCc1cc2nc(C3=CC(S(=O)(=O)c4ccc(C)cc4)c4ccncc43)cc(C(=O)NCc3ccc(CN)cc3)c2cc1CC. The van der Waals surface area contributed by atoms with Gasteiger partial charge in [-0.25, -0.2) is 13.4 Å². The van der Waals surface area contributed by atoms with E-state index in [1.54, 1.807) is 54.9 Å². The van der Waals surface area contributed by atoms with Gasteiger partial charge >= 0.3 is 0 Å². The third kappa shape index (κ3) is 5.79. The van der Waals surface area contributed by atoms with Gasteiger partial charge in [-0.2, -0.15) is 0 Å². The molecule has 1 amide bonds. The molecule has 2 aromatic heterocycles. The molecule has 0 saturated heterocycles. The molecule has 0 radical (unpaired) electrons. The molecule has 7 nitrogen and oxygen atoms in total. The van der Waals surface area contributed by atoms with Gasteiger partial charge in [0, 0.05) is 42.0 Å². The van der Waals surface area contributed by atoms with E-state index in [0.29, 0.717) is 46.6 Å². The monoisotopic (exact) mass is 616 g/mol. The summed E-state index contributed by atoms with van der Waals surface area (Å²) in [6.07, 6.45) is 6.70. The highest BCUT2D eigenvalue weighted by atomic mass is 32.2. The molecule has 0 spiro atoms. The quantitative estimate of drug-likeness (QED) is 0.198. The van der Waals surface area contributed by atoms with Crippen LogP contribution in [0.25, 0.3) is 16.5 Å². The summed E-state index contributed by atoms with van der Waals surface area (Å²) in [6, 6.07) is 22.4. The molecule has 1 unspecified atom stereocenters. The zero-order chi connectivity index (χ0) is 31.7. The Labute approximate surface area is 264 Å². The largest absolute Gasteiger partial charge is 0.348 e. The third-order valence-electron chi connectivity index (χ3n) is 8.58. The number of fused-ring (bicyclic) bond motifs is 2. The zero-order valence-corrected chi connectivity index (χ0v) is 26.5. The van der Waals surface area contributed by atoms with Gasteiger partial charge in [0.25, 0.3) is 5.91 Å². The van der Waals surface area contributed by atoms with Gasteiger partial charge in [0.2, 0.25) is 0 Å². The number of sulfone groups is 1. The Morgan fingerprint density at radius 2 is 1.60 bits per heavy atom. The number of nitrogens with two attached hydrogens (primary N) is 1. The molecule has 0 aliphatic heterocycles. The molecule has 45 heavy (non-hydrogen) atoms. The summed E-state index contributed by atoms with van der Waals surface area (Å²) in [7, 11) is -3.76. The molecule has 2 heterocycles. The fourth-order valence-electron chi connectivity index (χ4n) is 5.98. The lowest BCUT2D eigenvalue weighted by molar-refractivity contribution is 0.0952. The van der Waals surface area contributed by atoms with Gasteiger partial charge < -0.3 is 11.1 Å². The molecule has 3 N–H and O–H groups in total. The van der Waals surface area contributed by atoms with E-state index in [2.05, 4.69) is 36.3 Å². The van der Waals surface area contributed by atoms with Gasteiger partial charge in [0.05, 0.1) is 21.7 Å². The van der Waals surface area contributed by atoms with Crippen molar-refractivity contribution in [1.82, 2.24) is 15.3 Å². The van der Waals surface area contributed by atoms with Crippen molar-refractivity contribution >= 4 is 32.2 Å². The van der Waals surface area contributed by atoms with Gasteiger partial charge in [-0.05, 0) is 84.0 Å². The molecular formula is C37H36N4O3S. The molecule has 0 saturated carbocycles. The first kappa shape index (κ1) is 30.4. The topological polar surface area (TPSA) is 115 Å². The molecule has 1 aliphatic carbocycles. The minimum atomic E-state index is -3.76. The Kier molecular flexibility index (Phi) is 8.36. The lowest BCUT2D eigenvalue weighted by atomic mass is 9.95. The molecule has 3 aromatic carbocycles. The molecule has 8 heteroatoms. The maximum atomic E-state index is 13.9. The molecule has 0 bridgehead atoms. The number of hydrogen-bond donors (Lipinski definition) is 2. The van der Waals surface area contributed by atoms with E-state index in [4.69, 9.17) is 10.7 Å². The minimum Gasteiger partial charge on any atom is -0.348 e. The summed E-state index contributed by atoms with van der Waals surface area (Å²) < 4.78 is 27.9. The second-order valence-electron chi connectivity index (χ2n) is 11.4. The first-order valence-corrected chi connectivity index (χ1v) is 16.8. The van der Waals surface area contributed by atoms with Gasteiger partial charge in [-0.15, -0.1) is 0 Å². The van der Waals surface area contributed by atoms with Crippen molar-refractivity contribution in [3.8, 4) is 0 Å². The second-order valence-corrected chi connectivity index (χ2v) is 13.5. The van der Waals surface area contributed by atoms with Crippen LogP contribution in [0.15, 0.2) is 96.2 Å². The van der Waals surface area contributed by atoms with Gasteiger partial charge in [-0.3, -0.25) is 9.78 Å². The number of carbonyl (C=O) groups is 1.